The van der Waals surface area contributed by atoms with Crippen LogP contribution in [-0.2, 0) is 0 Å². The summed E-state index contributed by atoms with van der Waals surface area (Å²) in [5, 5.41) is 0. The summed E-state index contributed by atoms with van der Waals surface area (Å²) in [6.07, 6.45) is 6.04. The Morgan fingerprint density at radius 2 is 1.73 bits per heavy atom. The van der Waals surface area contributed by atoms with E-state index in [0.717, 1.165) is 11.4 Å². The van der Waals surface area contributed by atoms with E-state index < -0.39 is 0 Å². The van der Waals surface area contributed by atoms with E-state index in [2.05, 4.69) is 35.0 Å². The van der Waals surface area contributed by atoms with Gasteiger partial charge in [0.1, 0.15) is 5.69 Å². The highest BCUT2D eigenvalue weighted by Gasteiger charge is 1.92. The molecule has 0 radical (unpaired) electrons. The molecule has 0 bridgehead atoms. The fraction of sp³-hybridized carbons (Fsp3) is 0. The van der Waals surface area contributed by atoms with Crippen LogP contribution >= 0.6 is 0 Å². The molecule has 1 aromatic heterocycles. The lowest BCUT2D eigenvalue weighted by Gasteiger charge is -1.91. The number of pyridine rings is 1. The van der Waals surface area contributed by atoms with Gasteiger partial charge >= 0.3 is 0 Å². The second-order valence-corrected chi connectivity index (χ2v) is 3.39. The van der Waals surface area contributed by atoms with Gasteiger partial charge in [0.25, 0.3) is 0 Å². The normalized spacial score (nSPS) is 10.7. The van der Waals surface area contributed by atoms with Gasteiger partial charge in [0.2, 0.25) is 5.69 Å². The minimum atomic E-state index is 1.04. The molecule has 0 aliphatic heterocycles. The zero-order valence-electron chi connectivity index (χ0n) is 8.48. The minimum Gasteiger partial charge on any atom is -0.325 e. The number of quaternary nitrogens is 1. The Morgan fingerprint density at radius 1 is 0.933 bits per heavy atom. The zero-order chi connectivity index (χ0) is 10.5. The molecule has 1 heterocycles. The Hall–Kier alpha value is -1.93. The van der Waals surface area contributed by atoms with Gasteiger partial charge in [-0.15, -0.1) is 0 Å². The maximum absolute atomic E-state index is 3.85. The zero-order valence-corrected chi connectivity index (χ0v) is 8.48. The lowest BCUT2D eigenvalue weighted by atomic mass is 10.2. The SMILES string of the molecule is [NH3+]c1ccc(/C=C/c2cccc[nH+]2)cc1. The Labute approximate surface area is 89.1 Å². The lowest BCUT2D eigenvalue weighted by Crippen LogP contribution is -2.39. The van der Waals surface area contributed by atoms with Crippen LogP contribution in [0.3, 0.4) is 0 Å². The first-order chi connectivity index (χ1) is 7.34. The highest BCUT2D eigenvalue weighted by molar-refractivity contribution is 5.67. The van der Waals surface area contributed by atoms with Gasteiger partial charge in [-0.3, -0.25) is 0 Å². The molecule has 1 aromatic carbocycles. The molecule has 0 aliphatic rings. The van der Waals surface area contributed by atoms with Crippen molar-refractivity contribution in [1.29, 1.82) is 0 Å². The van der Waals surface area contributed by atoms with Crippen LogP contribution in [0.1, 0.15) is 11.3 Å². The monoisotopic (exact) mass is 198 g/mol. The van der Waals surface area contributed by atoms with Crippen molar-refractivity contribution >= 4 is 17.8 Å². The Morgan fingerprint density at radius 3 is 2.40 bits per heavy atom. The van der Waals surface area contributed by atoms with E-state index in [4.69, 9.17) is 0 Å². The van der Waals surface area contributed by atoms with Crippen molar-refractivity contribution in [1.82, 2.24) is 0 Å². The number of rotatable bonds is 2. The molecule has 0 saturated carbocycles. The largest absolute Gasteiger partial charge is 0.325 e. The van der Waals surface area contributed by atoms with Crippen molar-refractivity contribution in [3.05, 3.63) is 59.9 Å². The van der Waals surface area contributed by atoms with E-state index in [0.29, 0.717) is 0 Å². The van der Waals surface area contributed by atoms with Crippen LogP contribution in [0.4, 0.5) is 5.69 Å². The van der Waals surface area contributed by atoms with Gasteiger partial charge in [-0.05, 0) is 42.0 Å². The summed E-state index contributed by atoms with van der Waals surface area (Å²) >= 11 is 0. The van der Waals surface area contributed by atoms with Crippen LogP contribution < -0.4 is 10.7 Å². The maximum atomic E-state index is 3.85. The van der Waals surface area contributed by atoms with Crippen molar-refractivity contribution < 1.29 is 10.7 Å². The van der Waals surface area contributed by atoms with Gasteiger partial charge in [0.15, 0.2) is 6.20 Å². The molecule has 2 heteroatoms. The predicted octanol–water partition coefficient (Wildman–Crippen LogP) is 1.54. The summed E-state index contributed by atoms with van der Waals surface area (Å²) in [5.41, 5.74) is 7.16. The number of aromatic nitrogens is 1. The van der Waals surface area contributed by atoms with Crippen molar-refractivity contribution in [2.45, 2.75) is 0 Å². The molecule has 15 heavy (non-hydrogen) atoms. The fourth-order valence-corrected chi connectivity index (χ4v) is 1.33. The number of aromatic amines is 1. The molecule has 0 spiro atoms. The summed E-state index contributed by atoms with van der Waals surface area (Å²) in [5.74, 6) is 0. The quantitative estimate of drug-likeness (QED) is 0.760. The van der Waals surface area contributed by atoms with Crippen molar-refractivity contribution in [3.8, 4) is 0 Å². The van der Waals surface area contributed by atoms with Crippen molar-refractivity contribution in [2.75, 3.05) is 0 Å². The third kappa shape index (κ3) is 2.76. The van der Waals surface area contributed by atoms with E-state index >= 15 is 0 Å². The van der Waals surface area contributed by atoms with Crippen LogP contribution in [0.5, 0.6) is 0 Å². The van der Waals surface area contributed by atoms with Gasteiger partial charge in [0, 0.05) is 18.2 Å². The van der Waals surface area contributed by atoms with Crippen LogP contribution in [0, 0.1) is 0 Å². The van der Waals surface area contributed by atoms with Gasteiger partial charge < -0.3 is 5.73 Å². The average Bonchev–Trinajstić information content (AvgIpc) is 2.30. The van der Waals surface area contributed by atoms with Gasteiger partial charge in [-0.1, -0.05) is 0 Å². The standard InChI is InChI=1S/C13H12N2/c14-12-7-4-11(5-8-12)6-9-13-3-1-2-10-15-13/h1-10H,14H2/p+2/b9-6+. The molecule has 0 saturated heterocycles. The highest BCUT2D eigenvalue weighted by Crippen LogP contribution is 2.07. The topological polar surface area (TPSA) is 41.8 Å². The Balaban J connectivity index is 2.15. The summed E-state index contributed by atoms with van der Waals surface area (Å²) < 4.78 is 0. The Bertz CT molecular complexity index is 444. The van der Waals surface area contributed by atoms with Crippen molar-refractivity contribution in [3.63, 3.8) is 0 Å². The number of hydrogen-bond donors (Lipinski definition) is 1. The number of hydrogen-bond acceptors (Lipinski definition) is 0. The maximum Gasteiger partial charge on any atom is 0.203 e. The summed E-state index contributed by atoms with van der Waals surface area (Å²) in [6.45, 7) is 0. The van der Waals surface area contributed by atoms with Crippen molar-refractivity contribution in [2.24, 2.45) is 0 Å². The number of benzene rings is 1. The highest BCUT2D eigenvalue weighted by atomic mass is 14.6. The van der Waals surface area contributed by atoms with Crippen LogP contribution in [0.15, 0.2) is 48.7 Å². The molecule has 2 rings (SSSR count). The molecular weight excluding hydrogens is 184 g/mol. The third-order valence-electron chi connectivity index (χ3n) is 2.17. The first-order valence-corrected chi connectivity index (χ1v) is 4.91. The molecule has 0 unspecified atom stereocenters. The molecule has 0 fully saturated rings. The summed E-state index contributed by atoms with van der Waals surface area (Å²) in [6, 6.07) is 14.1. The first-order valence-electron chi connectivity index (χ1n) is 4.91. The van der Waals surface area contributed by atoms with Gasteiger partial charge in [-0.2, -0.15) is 0 Å². The van der Waals surface area contributed by atoms with E-state index in [1.807, 2.05) is 36.5 Å². The molecule has 4 N–H and O–H groups in total. The lowest BCUT2D eigenvalue weighted by molar-refractivity contribution is -0.380. The Kier molecular flexibility index (Phi) is 2.90. The first kappa shape index (κ1) is 9.62. The fourth-order valence-electron chi connectivity index (χ4n) is 1.33. The number of nitrogens with one attached hydrogen (secondary N) is 1. The predicted molar refractivity (Wildman–Crippen MR) is 60.9 cm³/mol. The minimum absolute atomic E-state index is 1.04. The van der Waals surface area contributed by atoms with Crippen LogP contribution in [-0.4, -0.2) is 0 Å². The van der Waals surface area contributed by atoms with Gasteiger partial charge in [-0.25, -0.2) is 4.98 Å². The molecule has 2 nitrogen and oxygen atoms in total. The van der Waals surface area contributed by atoms with E-state index in [1.54, 1.807) is 0 Å². The number of H-pyrrole nitrogens is 1. The average molecular weight is 198 g/mol. The molecule has 74 valence electrons. The molecular formula is C13H14N2+2. The van der Waals surface area contributed by atoms with Crippen LogP contribution in [0.2, 0.25) is 0 Å². The second kappa shape index (κ2) is 4.53. The molecule has 0 aliphatic carbocycles. The molecule has 0 atom stereocenters. The third-order valence-corrected chi connectivity index (χ3v) is 2.17. The summed E-state index contributed by atoms with van der Waals surface area (Å²) in [7, 11) is 0. The van der Waals surface area contributed by atoms with E-state index in [1.165, 1.54) is 5.56 Å². The smallest absolute Gasteiger partial charge is 0.203 e. The van der Waals surface area contributed by atoms with E-state index in [-0.39, 0.29) is 0 Å². The van der Waals surface area contributed by atoms with Crippen LogP contribution in [0.25, 0.3) is 12.2 Å². The molecule has 0 amide bonds. The molecule has 2 aromatic rings. The van der Waals surface area contributed by atoms with Gasteiger partial charge in [0.05, 0.1) is 0 Å². The van der Waals surface area contributed by atoms with E-state index in [9.17, 15) is 0 Å². The summed E-state index contributed by atoms with van der Waals surface area (Å²) in [4.78, 5) is 3.15. The second-order valence-electron chi connectivity index (χ2n) is 3.39.